The first-order valence-corrected chi connectivity index (χ1v) is 7.61. The number of aryl methyl sites for hydroxylation is 1. The smallest absolute Gasteiger partial charge is 0.329 e. The number of hydrogen-bond donors (Lipinski definition) is 1. The van der Waals surface area contributed by atoms with Gasteiger partial charge in [0.1, 0.15) is 11.3 Å². The minimum Gasteiger partial charge on any atom is -0.480 e. The first kappa shape index (κ1) is 16.2. The van der Waals surface area contributed by atoms with Crippen molar-refractivity contribution in [1.82, 2.24) is 9.88 Å². The number of aliphatic carboxylic acids is 1. The van der Waals surface area contributed by atoms with Crippen molar-refractivity contribution in [3.8, 4) is 10.8 Å². The molecule has 1 N–H and O–H groups in total. The van der Waals surface area contributed by atoms with Crippen molar-refractivity contribution in [2.75, 3.05) is 7.05 Å². The van der Waals surface area contributed by atoms with E-state index >= 15 is 0 Å². The Morgan fingerprint density at radius 1 is 1.41 bits per heavy atom. The van der Waals surface area contributed by atoms with Crippen LogP contribution in [0, 0.1) is 6.92 Å². The molecule has 0 radical (unpaired) electrons. The molecule has 0 aromatic carbocycles. The van der Waals surface area contributed by atoms with Crippen molar-refractivity contribution in [3.05, 3.63) is 29.0 Å². The maximum atomic E-state index is 12.2. The highest BCUT2D eigenvalue weighted by Gasteiger charge is 2.35. The van der Waals surface area contributed by atoms with Gasteiger partial charge in [-0.2, -0.15) is 0 Å². The molecular formula is C15H18N2O4S. The highest BCUT2D eigenvalue weighted by atomic mass is 32.1. The van der Waals surface area contributed by atoms with Crippen LogP contribution in [0.15, 0.2) is 21.9 Å². The molecule has 0 saturated heterocycles. The molecule has 0 fully saturated rings. The van der Waals surface area contributed by atoms with E-state index in [0.717, 1.165) is 5.76 Å². The summed E-state index contributed by atoms with van der Waals surface area (Å²) in [6.07, 6.45) is 0.0589. The zero-order chi connectivity index (χ0) is 16.5. The summed E-state index contributed by atoms with van der Waals surface area (Å²) >= 11 is 1.39. The lowest BCUT2D eigenvalue weighted by Crippen LogP contribution is -2.51. The molecule has 2 rings (SSSR count). The second-order valence-electron chi connectivity index (χ2n) is 5.55. The van der Waals surface area contributed by atoms with Gasteiger partial charge in [-0.05, 0) is 32.9 Å². The molecule has 0 aliphatic heterocycles. The van der Waals surface area contributed by atoms with Gasteiger partial charge in [0.25, 0.3) is 0 Å². The van der Waals surface area contributed by atoms with Crippen molar-refractivity contribution >= 4 is 23.2 Å². The van der Waals surface area contributed by atoms with Crippen molar-refractivity contribution < 1.29 is 19.1 Å². The summed E-state index contributed by atoms with van der Waals surface area (Å²) in [5.74, 6) is 0.124. The van der Waals surface area contributed by atoms with Crippen molar-refractivity contribution in [1.29, 1.82) is 0 Å². The van der Waals surface area contributed by atoms with E-state index in [1.807, 2.05) is 19.1 Å². The first-order chi connectivity index (χ1) is 10.2. The normalized spacial score (nSPS) is 11.5. The van der Waals surface area contributed by atoms with Crippen LogP contribution in [0.3, 0.4) is 0 Å². The van der Waals surface area contributed by atoms with Gasteiger partial charge in [-0.25, -0.2) is 9.78 Å². The van der Waals surface area contributed by atoms with E-state index in [-0.39, 0.29) is 12.3 Å². The molecule has 22 heavy (non-hydrogen) atoms. The summed E-state index contributed by atoms with van der Waals surface area (Å²) in [7, 11) is 1.49. The highest BCUT2D eigenvalue weighted by molar-refractivity contribution is 7.13. The number of carbonyl (C=O) groups is 2. The minimum absolute atomic E-state index is 0.0589. The van der Waals surface area contributed by atoms with Crippen LogP contribution in [0.1, 0.15) is 25.3 Å². The quantitative estimate of drug-likeness (QED) is 0.914. The average Bonchev–Trinajstić information content (AvgIpc) is 3.06. The number of aromatic nitrogens is 1. The number of amides is 1. The molecular weight excluding hydrogens is 304 g/mol. The second-order valence-corrected chi connectivity index (χ2v) is 6.41. The number of thiazole rings is 1. The van der Waals surface area contributed by atoms with E-state index < -0.39 is 11.5 Å². The molecule has 1 amide bonds. The van der Waals surface area contributed by atoms with Gasteiger partial charge in [0.2, 0.25) is 5.91 Å². The Kier molecular flexibility index (Phi) is 4.37. The molecule has 0 saturated carbocycles. The molecule has 0 spiro atoms. The van der Waals surface area contributed by atoms with Gasteiger partial charge in [0.05, 0.1) is 12.1 Å². The van der Waals surface area contributed by atoms with Gasteiger partial charge >= 0.3 is 5.97 Å². The molecule has 118 valence electrons. The Hall–Kier alpha value is -2.15. The SMILES string of the molecule is Cc1ccc(-c2nc(CC(=O)N(C)C(C)(C)C(=O)O)cs2)o1. The fraction of sp³-hybridized carbons (Fsp3) is 0.400. The number of carboxylic acids is 1. The Morgan fingerprint density at radius 3 is 2.64 bits per heavy atom. The van der Waals surface area contributed by atoms with Gasteiger partial charge in [-0.15, -0.1) is 11.3 Å². The van der Waals surface area contributed by atoms with E-state index in [1.54, 1.807) is 5.38 Å². The van der Waals surface area contributed by atoms with Crippen LogP contribution in [0.25, 0.3) is 10.8 Å². The largest absolute Gasteiger partial charge is 0.480 e. The van der Waals surface area contributed by atoms with Crippen LogP contribution in [-0.2, 0) is 16.0 Å². The lowest BCUT2D eigenvalue weighted by molar-refractivity contribution is -0.155. The summed E-state index contributed by atoms with van der Waals surface area (Å²) in [5, 5.41) is 11.7. The number of likely N-dealkylation sites (N-methyl/N-ethyl adjacent to an activating group) is 1. The third kappa shape index (κ3) is 3.19. The van der Waals surface area contributed by atoms with E-state index in [2.05, 4.69) is 4.98 Å². The zero-order valence-corrected chi connectivity index (χ0v) is 13.7. The molecule has 0 bridgehead atoms. The van der Waals surface area contributed by atoms with Crippen LogP contribution in [-0.4, -0.2) is 39.5 Å². The molecule has 2 heterocycles. The summed E-state index contributed by atoms with van der Waals surface area (Å²) in [6.45, 7) is 4.83. The minimum atomic E-state index is -1.26. The van der Waals surface area contributed by atoms with Gasteiger partial charge < -0.3 is 14.4 Å². The summed E-state index contributed by atoms with van der Waals surface area (Å²) in [5.41, 5.74) is -0.652. The van der Waals surface area contributed by atoms with Crippen LogP contribution in [0.2, 0.25) is 0 Å². The van der Waals surface area contributed by atoms with E-state index in [0.29, 0.717) is 16.5 Å². The maximum Gasteiger partial charge on any atom is 0.329 e. The van der Waals surface area contributed by atoms with Crippen LogP contribution in [0.5, 0.6) is 0 Å². The second kappa shape index (κ2) is 5.92. The van der Waals surface area contributed by atoms with Crippen LogP contribution < -0.4 is 0 Å². The number of rotatable bonds is 5. The molecule has 0 atom stereocenters. The molecule has 2 aromatic rings. The Labute approximate surface area is 132 Å². The number of carbonyl (C=O) groups excluding carboxylic acids is 1. The molecule has 0 aliphatic carbocycles. The monoisotopic (exact) mass is 322 g/mol. The van der Waals surface area contributed by atoms with Gasteiger partial charge in [0, 0.05) is 12.4 Å². The number of carboxylic acid groups (broad SMARTS) is 1. The van der Waals surface area contributed by atoms with Crippen LogP contribution >= 0.6 is 11.3 Å². The molecule has 6 nitrogen and oxygen atoms in total. The van der Waals surface area contributed by atoms with Crippen molar-refractivity contribution in [2.45, 2.75) is 32.7 Å². The highest BCUT2D eigenvalue weighted by Crippen LogP contribution is 2.26. The Bertz CT molecular complexity index is 702. The first-order valence-electron chi connectivity index (χ1n) is 6.73. The standard InChI is InChI=1S/C15H18N2O4S/c1-9-5-6-11(21-9)13-16-10(8-22-13)7-12(18)17(4)15(2,3)14(19)20/h5-6,8H,7H2,1-4H3,(H,19,20). The number of furan rings is 1. The fourth-order valence-corrected chi connectivity index (χ4v) is 2.56. The molecule has 0 unspecified atom stereocenters. The van der Waals surface area contributed by atoms with Gasteiger partial charge in [-0.3, -0.25) is 4.79 Å². The van der Waals surface area contributed by atoms with Crippen molar-refractivity contribution in [2.24, 2.45) is 0 Å². The Balaban J connectivity index is 2.10. The van der Waals surface area contributed by atoms with Crippen molar-refractivity contribution in [3.63, 3.8) is 0 Å². The molecule has 0 aliphatic rings. The predicted octanol–water partition coefficient (Wildman–Crippen LogP) is 2.58. The summed E-state index contributed by atoms with van der Waals surface area (Å²) in [4.78, 5) is 29.0. The lowest BCUT2D eigenvalue weighted by atomic mass is 10.0. The third-order valence-electron chi connectivity index (χ3n) is 3.57. The van der Waals surface area contributed by atoms with Crippen LogP contribution in [0.4, 0.5) is 0 Å². The van der Waals surface area contributed by atoms with E-state index in [4.69, 9.17) is 9.52 Å². The van der Waals surface area contributed by atoms with Gasteiger partial charge in [0.15, 0.2) is 10.8 Å². The summed E-state index contributed by atoms with van der Waals surface area (Å²) < 4.78 is 5.50. The average molecular weight is 322 g/mol. The maximum absolute atomic E-state index is 12.2. The molecule has 2 aromatic heterocycles. The topological polar surface area (TPSA) is 83.6 Å². The van der Waals surface area contributed by atoms with Gasteiger partial charge in [-0.1, -0.05) is 0 Å². The molecule has 7 heteroatoms. The van der Waals surface area contributed by atoms with E-state index in [1.165, 1.54) is 37.1 Å². The predicted molar refractivity (Wildman–Crippen MR) is 82.7 cm³/mol. The Morgan fingerprint density at radius 2 is 2.09 bits per heavy atom. The lowest BCUT2D eigenvalue weighted by Gasteiger charge is -2.31. The number of nitrogens with zero attached hydrogens (tertiary/aromatic N) is 2. The summed E-state index contributed by atoms with van der Waals surface area (Å²) in [6, 6.07) is 3.68. The number of hydrogen-bond acceptors (Lipinski definition) is 5. The van der Waals surface area contributed by atoms with E-state index in [9.17, 15) is 9.59 Å². The third-order valence-corrected chi connectivity index (χ3v) is 4.48. The fourth-order valence-electron chi connectivity index (χ4n) is 1.78. The zero-order valence-electron chi connectivity index (χ0n) is 12.9.